The van der Waals surface area contributed by atoms with Crippen LogP contribution in [0.4, 0.5) is 10.2 Å². The van der Waals surface area contributed by atoms with Crippen LogP contribution in [0, 0.1) is 31.0 Å². The number of carbonyl (C=O) groups excluding carboxylic acids is 1. The predicted octanol–water partition coefficient (Wildman–Crippen LogP) is 5.83. The summed E-state index contributed by atoms with van der Waals surface area (Å²) in [5.74, 6) is -0.0335. The van der Waals surface area contributed by atoms with Crippen molar-refractivity contribution >= 4 is 45.3 Å². The molecule has 11 heteroatoms. The van der Waals surface area contributed by atoms with Gasteiger partial charge in [0.15, 0.2) is 17.2 Å². The first kappa shape index (κ1) is 30.0. The summed E-state index contributed by atoms with van der Waals surface area (Å²) >= 11 is 6.70. The first-order valence-corrected chi connectivity index (χ1v) is 15.2. The molecule has 4 heterocycles. The molecule has 0 bridgehead atoms. The number of piperidine rings is 1. The topological polar surface area (TPSA) is 94.2 Å². The van der Waals surface area contributed by atoms with Crippen LogP contribution in [0.1, 0.15) is 43.4 Å². The van der Waals surface area contributed by atoms with E-state index >= 15 is 4.39 Å². The first-order chi connectivity index (χ1) is 21.0. The number of fused-ring (bicyclic) bond motifs is 3. The van der Waals surface area contributed by atoms with Gasteiger partial charge in [0, 0.05) is 42.2 Å². The van der Waals surface area contributed by atoms with Crippen LogP contribution in [0.3, 0.4) is 0 Å². The summed E-state index contributed by atoms with van der Waals surface area (Å²) in [6, 6.07) is 9.36. The molecule has 0 radical (unpaired) electrons. The van der Waals surface area contributed by atoms with Gasteiger partial charge in [-0.25, -0.2) is 14.1 Å². The highest BCUT2D eigenvalue weighted by molar-refractivity contribution is 6.34. The fourth-order valence-electron chi connectivity index (χ4n) is 6.72. The Morgan fingerprint density at radius 3 is 2.70 bits per heavy atom. The van der Waals surface area contributed by atoms with Crippen LogP contribution in [-0.4, -0.2) is 81.0 Å². The monoisotopic (exact) mass is 614 g/mol. The molecule has 2 aliphatic rings. The fraction of sp³-hybridized carbons (Fsp3) is 0.424. The number of hydrogen-bond acceptors (Lipinski definition) is 7. The maximum atomic E-state index is 16.8. The van der Waals surface area contributed by atoms with Crippen LogP contribution in [0.15, 0.2) is 36.9 Å². The second-order valence-corrected chi connectivity index (χ2v) is 12.9. The molecule has 1 amide bonds. The lowest BCUT2D eigenvalue weighted by atomic mass is 9.90. The second-order valence-electron chi connectivity index (χ2n) is 12.6. The van der Waals surface area contributed by atoms with Gasteiger partial charge in [0.25, 0.3) is 0 Å². The Morgan fingerprint density at radius 2 is 2.02 bits per heavy atom. The number of pyridine rings is 1. The number of likely N-dealkylation sites (N-methyl/N-ethyl adjacent to an activating group) is 1. The first-order valence-electron chi connectivity index (χ1n) is 14.8. The van der Waals surface area contributed by atoms with Crippen molar-refractivity contribution < 1.29 is 9.18 Å². The number of hydrogen-bond donors (Lipinski definition) is 0. The number of carbonyl (C=O) groups is 1. The minimum atomic E-state index is -0.437. The average Bonchev–Trinajstić information content (AvgIpc) is 3.43. The smallest absolute Gasteiger partial charge is 0.246 e. The number of aryl methyl sites for hydroxylation is 2. The molecule has 2 fully saturated rings. The molecule has 44 heavy (non-hydrogen) atoms. The SMILES string of the molecule is C=CC(=O)N1CC[C@H](n2nnc3c(N4CC(C)(N(C)C)C4)nc4c(F)c(-c5cccc(C)c5Cl)c(C)cc4c32)C[C@H]1CC#N. The predicted molar refractivity (Wildman–Crippen MR) is 171 cm³/mol. The summed E-state index contributed by atoms with van der Waals surface area (Å²) in [5, 5.41) is 19.9. The van der Waals surface area contributed by atoms with E-state index in [2.05, 4.69) is 53.8 Å². The molecule has 0 unspecified atom stereocenters. The summed E-state index contributed by atoms with van der Waals surface area (Å²) in [6.07, 6.45) is 2.62. The maximum Gasteiger partial charge on any atom is 0.246 e. The maximum absolute atomic E-state index is 16.8. The standard InChI is InChI=1S/C33H36ClFN8O/c1-7-25(44)42-14-12-22(16-21(42)11-13-36)43-31-24-15-20(3)26(23-10-8-9-19(2)27(23)34)28(35)29(24)37-32(30(31)38-39-43)41-17-33(4,18-41)40(5)6/h7-10,15,21-22H,1,11-12,14,16-18H2,2-6H3/t21-,22+/m1/s1. The van der Waals surface area contributed by atoms with Gasteiger partial charge in [-0.2, -0.15) is 5.26 Å². The van der Waals surface area contributed by atoms with E-state index in [1.165, 1.54) is 6.08 Å². The Bertz CT molecular complexity index is 1850. The molecule has 2 aromatic carbocycles. The van der Waals surface area contributed by atoms with Crippen molar-refractivity contribution in [2.45, 2.75) is 57.7 Å². The van der Waals surface area contributed by atoms with Crippen molar-refractivity contribution in [2.75, 3.05) is 38.6 Å². The van der Waals surface area contributed by atoms with E-state index in [9.17, 15) is 10.1 Å². The van der Waals surface area contributed by atoms with Gasteiger partial charge in [0.05, 0.1) is 29.1 Å². The van der Waals surface area contributed by atoms with Crippen LogP contribution < -0.4 is 4.90 Å². The van der Waals surface area contributed by atoms with Gasteiger partial charge in [-0.1, -0.05) is 41.6 Å². The van der Waals surface area contributed by atoms with Crippen LogP contribution in [-0.2, 0) is 4.79 Å². The summed E-state index contributed by atoms with van der Waals surface area (Å²) in [5.41, 5.74) is 4.14. The molecule has 0 saturated carbocycles. The highest BCUT2D eigenvalue weighted by Gasteiger charge is 2.43. The minimum absolute atomic E-state index is 0.0555. The van der Waals surface area contributed by atoms with Crippen LogP contribution in [0.25, 0.3) is 33.1 Å². The molecule has 4 aromatic rings. The van der Waals surface area contributed by atoms with Crippen LogP contribution >= 0.6 is 11.6 Å². The van der Waals surface area contributed by atoms with E-state index < -0.39 is 5.82 Å². The number of amides is 1. The van der Waals surface area contributed by atoms with Gasteiger partial charge < -0.3 is 14.7 Å². The van der Waals surface area contributed by atoms with Gasteiger partial charge in [-0.05, 0) is 71.0 Å². The van der Waals surface area contributed by atoms with E-state index in [0.29, 0.717) is 70.9 Å². The third-order valence-corrected chi connectivity index (χ3v) is 10.0. The Labute approximate surface area is 261 Å². The molecule has 228 valence electrons. The Balaban J connectivity index is 1.56. The van der Waals surface area contributed by atoms with Crippen molar-refractivity contribution in [1.82, 2.24) is 29.8 Å². The number of rotatable bonds is 6. The van der Waals surface area contributed by atoms with Crippen LogP contribution in [0.5, 0.6) is 0 Å². The van der Waals surface area contributed by atoms with Gasteiger partial charge in [0.2, 0.25) is 5.91 Å². The minimum Gasteiger partial charge on any atom is -0.351 e. The van der Waals surface area contributed by atoms with E-state index in [4.69, 9.17) is 16.6 Å². The average molecular weight is 615 g/mol. The van der Waals surface area contributed by atoms with Crippen LogP contribution in [0.2, 0.25) is 5.02 Å². The van der Waals surface area contributed by atoms with Crippen molar-refractivity contribution in [3.8, 4) is 17.2 Å². The number of anilines is 1. The third-order valence-electron chi connectivity index (χ3n) is 9.54. The van der Waals surface area contributed by atoms with Crippen molar-refractivity contribution in [1.29, 1.82) is 5.26 Å². The van der Waals surface area contributed by atoms with E-state index in [0.717, 1.165) is 11.1 Å². The normalized spacial score (nSPS) is 19.8. The van der Waals surface area contributed by atoms with E-state index in [1.54, 1.807) is 4.90 Å². The zero-order valence-corrected chi connectivity index (χ0v) is 26.5. The molecule has 2 atom stereocenters. The van der Waals surface area contributed by atoms with Crippen molar-refractivity contribution in [3.05, 3.63) is 58.9 Å². The van der Waals surface area contributed by atoms with Gasteiger partial charge in [-0.3, -0.25) is 4.79 Å². The van der Waals surface area contributed by atoms with E-state index in [-0.39, 0.29) is 35.5 Å². The fourth-order valence-corrected chi connectivity index (χ4v) is 6.95. The molecule has 2 saturated heterocycles. The number of aromatic nitrogens is 4. The molecule has 9 nitrogen and oxygen atoms in total. The van der Waals surface area contributed by atoms with Crippen molar-refractivity contribution in [3.63, 3.8) is 0 Å². The van der Waals surface area contributed by atoms with Crippen molar-refractivity contribution in [2.24, 2.45) is 0 Å². The molecule has 2 aliphatic heterocycles. The Kier molecular flexibility index (Phi) is 7.58. The summed E-state index contributed by atoms with van der Waals surface area (Å²) < 4.78 is 18.7. The number of likely N-dealkylation sites (tertiary alicyclic amines) is 1. The van der Waals surface area contributed by atoms with Gasteiger partial charge in [0.1, 0.15) is 11.0 Å². The summed E-state index contributed by atoms with van der Waals surface area (Å²) in [4.78, 5) is 23.5. The lowest BCUT2D eigenvalue weighted by Gasteiger charge is -2.52. The molecular formula is C33H36ClFN8O. The Hall–Kier alpha value is -4.07. The largest absolute Gasteiger partial charge is 0.351 e. The molecule has 2 aromatic heterocycles. The summed E-state index contributed by atoms with van der Waals surface area (Å²) in [7, 11) is 4.11. The number of nitriles is 1. The number of benzene rings is 2. The Morgan fingerprint density at radius 1 is 1.27 bits per heavy atom. The highest BCUT2D eigenvalue weighted by Crippen LogP contribution is 2.43. The molecule has 6 rings (SSSR count). The lowest BCUT2D eigenvalue weighted by molar-refractivity contribution is -0.130. The zero-order chi connectivity index (χ0) is 31.5. The molecule has 0 aliphatic carbocycles. The number of halogens is 2. The second kappa shape index (κ2) is 11.1. The molecule has 0 N–H and O–H groups in total. The lowest BCUT2D eigenvalue weighted by Crippen LogP contribution is -2.67. The number of nitrogens with zero attached hydrogens (tertiary/aromatic N) is 8. The summed E-state index contributed by atoms with van der Waals surface area (Å²) in [6.45, 7) is 11.5. The van der Waals surface area contributed by atoms with Gasteiger partial charge >= 0.3 is 0 Å². The molecule has 0 spiro atoms. The zero-order valence-electron chi connectivity index (χ0n) is 25.7. The van der Waals surface area contributed by atoms with E-state index in [1.807, 2.05) is 42.8 Å². The molecular weight excluding hydrogens is 579 g/mol. The highest BCUT2D eigenvalue weighted by atomic mass is 35.5. The van der Waals surface area contributed by atoms with Gasteiger partial charge in [-0.15, -0.1) is 5.10 Å². The quantitative estimate of drug-likeness (QED) is 0.252. The third kappa shape index (κ3) is 4.70.